The largest absolute Gasteiger partial charge is 0.444 e. The Balaban J connectivity index is 2.64. The molecule has 0 unspecified atom stereocenters. The minimum Gasteiger partial charge on any atom is -0.444 e. The molecule has 17 heavy (non-hydrogen) atoms. The van der Waals surface area contributed by atoms with Crippen molar-refractivity contribution >= 4 is 17.7 Å². The first kappa shape index (κ1) is 14.4. The van der Waals surface area contributed by atoms with Crippen LogP contribution in [0.2, 0.25) is 0 Å². The molecule has 0 aromatic rings. The van der Waals surface area contributed by atoms with Gasteiger partial charge in [-0.15, -0.1) is 11.6 Å². The number of carbonyl (C=O) groups excluding carboxylic acids is 1. The van der Waals surface area contributed by atoms with Gasteiger partial charge < -0.3 is 9.64 Å². The van der Waals surface area contributed by atoms with Gasteiger partial charge in [-0.1, -0.05) is 11.1 Å². The maximum absolute atomic E-state index is 11.9. The minimum absolute atomic E-state index is 0.225. The highest BCUT2D eigenvalue weighted by atomic mass is 35.5. The van der Waals surface area contributed by atoms with Crippen molar-refractivity contribution in [2.45, 2.75) is 46.1 Å². The van der Waals surface area contributed by atoms with Crippen LogP contribution in [0.3, 0.4) is 0 Å². The zero-order valence-corrected chi connectivity index (χ0v) is 11.9. The first-order chi connectivity index (χ1) is 7.83. The topological polar surface area (TPSA) is 29.5 Å². The number of allylic oxidation sites excluding steroid dienone is 1. The van der Waals surface area contributed by atoms with Crippen LogP contribution in [0.15, 0.2) is 11.1 Å². The van der Waals surface area contributed by atoms with E-state index in [1.54, 1.807) is 4.90 Å². The molecule has 1 aliphatic rings. The molecule has 4 heteroatoms. The average Bonchev–Trinajstić information content (AvgIpc) is 2.26. The van der Waals surface area contributed by atoms with Gasteiger partial charge in [0.2, 0.25) is 0 Å². The summed E-state index contributed by atoms with van der Waals surface area (Å²) < 4.78 is 5.37. The molecule has 0 atom stereocenters. The van der Waals surface area contributed by atoms with Gasteiger partial charge in [0.25, 0.3) is 0 Å². The van der Waals surface area contributed by atoms with Crippen LogP contribution in [-0.4, -0.2) is 35.6 Å². The first-order valence-corrected chi connectivity index (χ1v) is 6.58. The van der Waals surface area contributed by atoms with Gasteiger partial charge >= 0.3 is 6.09 Å². The molecule has 1 fully saturated rings. The van der Waals surface area contributed by atoms with E-state index in [1.165, 1.54) is 11.1 Å². The number of ether oxygens (including phenoxy) is 1. The molecule has 98 valence electrons. The van der Waals surface area contributed by atoms with Crippen molar-refractivity contribution in [2.24, 2.45) is 0 Å². The Morgan fingerprint density at radius 3 is 2.65 bits per heavy atom. The van der Waals surface area contributed by atoms with Gasteiger partial charge in [-0.05, 0) is 40.5 Å². The lowest BCUT2D eigenvalue weighted by atomic mass is 10.0. The minimum atomic E-state index is -0.431. The van der Waals surface area contributed by atoms with Gasteiger partial charge in [-0.3, -0.25) is 0 Å². The van der Waals surface area contributed by atoms with Crippen molar-refractivity contribution < 1.29 is 9.53 Å². The monoisotopic (exact) mass is 259 g/mol. The molecule has 0 N–H and O–H groups in total. The van der Waals surface area contributed by atoms with Gasteiger partial charge in [0.15, 0.2) is 0 Å². The van der Waals surface area contributed by atoms with Crippen molar-refractivity contribution in [3.05, 3.63) is 11.1 Å². The number of carbonyl (C=O) groups is 1. The summed E-state index contributed by atoms with van der Waals surface area (Å²) in [5.74, 6) is 0.539. The van der Waals surface area contributed by atoms with E-state index in [1.807, 2.05) is 27.7 Å². The molecule has 1 aliphatic heterocycles. The molecular formula is C13H22ClNO2. The SMILES string of the molecule is C/C(CCl)=C1/CCCN(C(=O)OC(C)(C)C)C1. The molecule has 0 saturated carbocycles. The number of halogens is 1. The summed E-state index contributed by atoms with van der Waals surface area (Å²) in [5, 5.41) is 0. The highest BCUT2D eigenvalue weighted by Gasteiger charge is 2.25. The number of rotatable bonds is 1. The Kier molecular flexibility index (Phi) is 4.87. The first-order valence-electron chi connectivity index (χ1n) is 6.05. The lowest BCUT2D eigenvalue weighted by Gasteiger charge is -2.31. The van der Waals surface area contributed by atoms with E-state index in [0.29, 0.717) is 12.4 Å². The lowest BCUT2D eigenvalue weighted by Crippen LogP contribution is -2.40. The van der Waals surface area contributed by atoms with Crippen molar-refractivity contribution in [1.29, 1.82) is 0 Å². The number of piperidine rings is 1. The van der Waals surface area contributed by atoms with E-state index in [-0.39, 0.29) is 6.09 Å². The molecular weight excluding hydrogens is 238 g/mol. The zero-order valence-electron chi connectivity index (χ0n) is 11.2. The second kappa shape index (κ2) is 5.76. The fourth-order valence-electron chi connectivity index (χ4n) is 1.80. The Labute approximate surface area is 109 Å². The summed E-state index contributed by atoms with van der Waals surface area (Å²) in [6.45, 7) is 9.11. The summed E-state index contributed by atoms with van der Waals surface area (Å²) in [7, 11) is 0. The predicted molar refractivity (Wildman–Crippen MR) is 70.5 cm³/mol. The average molecular weight is 260 g/mol. The third kappa shape index (κ3) is 4.58. The van der Waals surface area contributed by atoms with Gasteiger partial charge in [-0.25, -0.2) is 4.79 Å². The summed E-state index contributed by atoms with van der Waals surface area (Å²) in [4.78, 5) is 13.7. The molecule has 0 aliphatic carbocycles. The fraction of sp³-hybridized carbons (Fsp3) is 0.769. The van der Waals surface area contributed by atoms with Gasteiger partial charge in [0.05, 0.1) is 0 Å². The van der Waals surface area contributed by atoms with Crippen LogP contribution >= 0.6 is 11.6 Å². The maximum Gasteiger partial charge on any atom is 0.410 e. The zero-order chi connectivity index (χ0) is 13.1. The summed E-state index contributed by atoms with van der Waals surface area (Å²) >= 11 is 5.83. The number of likely N-dealkylation sites (tertiary alicyclic amines) is 1. The third-order valence-electron chi connectivity index (χ3n) is 2.74. The molecule has 3 nitrogen and oxygen atoms in total. The highest BCUT2D eigenvalue weighted by Crippen LogP contribution is 2.21. The van der Waals surface area contributed by atoms with E-state index >= 15 is 0 Å². The molecule has 1 amide bonds. The number of hydrogen-bond donors (Lipinski definition) is 0. The summed E-state index contributed by atoms with van der Waals surface area (Å²) in [6.07, 6.45) is 1.80. The highest BCUT2D eigenvalue weighted by molar-refractivity contribution is 6.19. The van der Waals surface area contributed by atoms with Crippen LogP contribution in [0, 0.1) is 0 Å². The van der Waals surface area contributed by atoms with Crippen molar-refractivity contribution in [2.75, 3.05) is 19.0 Å². The second-order valence-corrected chi connectivity index (χ2v) is 5.79. The van der Waals surface area contributed by atoms with Crippen molar-refractivity contribution in [1.82, 2.24) is 4.90 Å². The Bertz CT molecular complexity index is 318. The Morgan fingerprint density at radius 2 is 2.12 bits per heavy atom. The van der Waals surface area contributed by atoms with Crippen LogP contribution < -0.4 is 0 Å². The Hall–Kier alpha value is -0.700. The van der Waals surface area contributed by atoms with Crippen LogP contribution in [0.25, 0.3) is 0 Å². The van der Waals surface area contributed by atoms with Gasteiger partial charge in [0.1, 0.15) is 5.60 Å². The normalized spacial score (nSPS) is 20.2. The van der Waals surface area contributed by atoms with Gasteiger partial charge in [0, 0.05) is 19.0 Å². The van der Waals surface area contributed by atoms with Crippen LogP contribution in [0.1, 0.15) is 40.5 Å². The molecule has 0 spiro atoms. The van der Waals surface area contributed by atoms with Gasteiger partial charge in [-0.2, -0.15) is 0 Å². The summed E-state index contributed by atoms with van der Waals surface area (Å²) in [6, 6.07) is 0. The van der Waals surface area contributed by atoms with E-state index < -0.39 is 5.60 Å². The molecule has 1 saturated heterocycles. The number of hydrogen-bond acceptors (Lipinski definition) is 2. The number of alkyl halides is 1. The predicted octanol–water partition coefficient (Wildman–Crippen LogP) is 3.57. The van der Waals surface area contributed by atoms with Crippen LogP contribution in [0.5, 0.6) is 0 Å². The molecule has 1 rings (SSSR count). The van der Waals surface area contributed by atoms with Crippen LogP contribution in [-0.2, 0) is 4.74 Å². The van der Waals surface area contributed by atoms with Crippen LogP contribution in [0.4, 0.5) is 4.79 Å². The number of nitrogens with zero attached hydrogens (tertiary/aromatic N) is 1. The maximum atomic E-state index is 11.9. The molecule has 0 radical (unpaired) electrons. The molecule has 0 bridgehead atoms. The van der Waals surface area contributed by atoms with E-state index in [9.17, 15) is 4.79 Å². The smallest absolute Gasteiger partial charge is 0.410 e. The lowest BCUT2D eigenvalue weighted by molar-refractivity contribution is 0.0246. The Morgan fingerprint density at radius 1 is 1.47 bits per heavy atom. The van der Waals surface area contributed by atoms with E-state index in [2.05, 4.69) is 0 Å². The molecule has 1 heterocycles. The molecule has 0 aromatic carbocycles. The standard InChI is InChI=1S/C13H22ClNO2/c1-10(8-14)11-6-5-7-15(9-11)12(16)17-13(2,3)4/h5-9H2,1-4H3/b11-10+. The quantitative estimate of drug-likeness (QED) is 0.532. The number of amides is 1. The van der Waals surface area contributed by atoms with E-state index in [0.717, 1.165) is 19.4 Å². The summed E-state index contributed by atoms with van der Waals surface area (Å²) in [5.41, 5.74) is 2.02. The van der Waals surface area contributed by atoms with Crippen molar-refractivity contribution in [3.8, 4) is 0 Å². The fourth-order valence-corrected chi connectivity index (χ4v) is 1.99. The third-order valence-corrected chi connectivity index (χ3v) is 3.14. The van der Waals surface area contributed by atoms with Crippen molar-refractivity contribution in [3.63, 3.8) is 0 Å². The molecule has 0 aromatic heterocycles. The van der Waals surface area contributed by atoms with E-state index in [4.69, 9.17) is 16.3 Å². The second-order valence-electron chi connectivity index (χ2n) is 5.52.